The van der Waals surface area contributed by atoms with Crippen molar-refractivity contribution in [2.24, 2.45) is 5.41 Å². The van der Waals surface area contributed by atoms with E-state index in [9.17, 15) is 4.79 Å². The molecule has 0 fully saturated rings. The van der Waals surface area contributed by atoms with E-state index in [1.165, 1.54) is 0 Å². The van der Waals surface area contributed by atoms with Crippen LogP contribution in [0.1, 0.15) is 13.8 Å². The summed E-state index contributed by atoms with van der Waals surface area (Å²) < 4.78 is 5.34. The first-order chi connectivity index (χ1) is 7.45. The Hall–Kier alpha value is -0.730. The number of ketones is 1. The summed E-state index contributed by atoms with van der Waals surface area (Å²) in [6.07, 6.45) is 0. The summed E-state index contributed by atoms with van der Waals surface area (Å²) in [4.78, 5) is 11.7. The van der Waals surface area contributed by atoms with E-state index in [1.807, 2.05) is 0 Å². The molecule has 0 aromatic heterocycles. The van der Waals surface area contributed by atoms with E-state index in [1.54, 1.807) is 38.1 Å². The van der Waals surface area contributed by atoms with Crippen molar-refractivity contribution in [3.63, 3.8) is 0 Å². The summed E-state index contributed by atoms with van der Waals surface area (Å²) in [6, 6.07) is 6.88. The van der Waals surface area contributed by atoms with Gasteiger partial charge in [-0.15, -0.1) is 11.6 Å². The SMILES string of the molecule is CC(C)(CCl)C(=O)COc1ccc(Cl)cc1. The Morgan fingerprint density at radius 1 is 1.31 bits per heavy atom. The average Bonchev–Trinajstić information content (AvgIpc) is 2.28. The molecule has 1 aromatic rings. The topological polar surface area (TPSA) is 26.3 Å². The first kappa shape index (κ1) is 13.3. The molecular formula is C12H14Cl2O2. The molecule has 0 unspecified atom stereocenters. The van der Waals surface area contributed by atoms with Crippen molar-refractivity contribution < 1.29 is 9.53 Å². The second-order valence-electron chi connectivity index (χ2n) is 4.18. The Morgan fingerprint density at radius 3 is 2.38 bits per heavy atom. The Bertz CT molecular complexity index is 358. The summed E-state index contributed by atoms with van der Waals surface area (Å²) in [7, 11) is 0. The number of hydrogen-bond acceptors (Lipinski definition) is 2. The third-order valence-corrected chi connectivity index (χ3v) is 3.19. The van der Waals surface area contributed by atoms with E-state index in [0.29, 0.717) is 10.8 Å². The van der Waals surface area contributed by atoms with Gasteiger partial charge in [0.25, 0.3) is 0 Å². The Labute approximate surface area is 106 Å². The summed E-state index contributed by atoms with van der Waals surface area (Å²) in [6.45, 7) is 3.63. The second kappa shape index (κ2) is 5.55. The number of Topliss-reactive ketones (excluding diaryl/α,β-unsaturated/α-hetero) is 1. The number of alkyl halides is 1. The molecule has 4 heteroatoms. The number of hydrogen-bond donors (Lipinski definition) is 0. The van der Waals surface area contributed by atoms with Crippen LogP contribution >= 0.6 is 23.2 Å². The number of halogens is 2. The highest BCUT2D eigenvalue weighted by Gasteiger charge is 2.26. The van der Waals surface area contributed by atoms with Crippen molar-refractivity contribution in [2.45, 2.75) is 13.8 Å². The van der Waals surface area contributed by atoms with E-state index >= 15 is 0 Å². The minimum Gasteiger partial charge on any atom is -0.486 e. The number of rotatable bonds is 5. The maximum Gasteiger partial charge on any atom is 0.176 e. The van der Waals surface area contributed by atoms with Crippen molar-refractivity contribution in [2.75, 3.05) is 12.5 Å². The lowest BCUT2D eigenvalue weighted by molar-refractivity contribution is -0.128. The lowest BCUT2D eigenvalue weighted by Crippen LogP contribution is -2.30. The molecule has 0 spiro atoms. The van der Waals surface area contributed by atoms with Crippen LogP contribution in [-0.2, 0) is 4.79 Å². The number of carbonyl (C=O) groups excluding carboxylic acids is 1. The van der Waals surface area contributed by atoms with E-state index < -0.39 is 5.41 Å². The van der Waals surface area contributed by atoms with Crippen molar-refractivity contribution in [3.05, 3.63) is 29.3 Å². The van der Waals surface area contributed by atoms with Gasteiger partial charge in [-0.05, 0) is 24.3 Å². The van der Waals surface area contributed by atoms with Gasteiger partial charge in [-0.25, -0.2) is 0 Å². The van der Waals surface area contributed by atoms with Gasteiger partial charge >= 0.3 is 0 Å². The van der Waals surface area contributed by atoms with Crippen molar-refractivity contribution in [1.82, 2.24) is 0 Å². The van der Waals surface area contributed by atoms with E-state index in [0.717, 1.165) is 0 Å². The van der Waals surface area contributed by atoms with Crippen LogP contribution < -0.4 is 4.74 Å². The van der Waals surface area contributed by atoms with Gasteiger partial charge in [-0.2, -0.15) is 0 Å². The van der Waals surface area contributed by atoms with Crippen LogP contribution in [0, 0.1) is 5.41 Å². The van der Waals surface area contributed by atoms with Gasteiger partial charge < -0.3 is 4.74 Å². The maximum atomic E-state index is 11.7. The predicted molar refractivity (Wildman–Crippen MR) is 66.5 cm³/mol. The molecule has 0 heterocycles. The Kier molecular flexibility index (Phi) is 4.63. The molecule has 2 nitrogen and oxygen atoms in total. The van der Waals surface area contributed by atoms with Gasteiger partial charge in [0, 0.05) is 16.3 Å². The van der Waals surface area contributed by atoms with E-state index in [2.05, 4.69) is 0 Å². The normalized spacial score (nSPS) is 11.2. The fourth-order valence-electron chi connectivity index (χ4n) is 0.950. The van der Waals surface area contributed by atoms with Gasteiger partial charge in [0.2, 0.25) is 0 Å². The van der Waals surface area contributed by atoms with Crippen LogP contribution in [0.25, 0.3) is 0 Å². The standard InChI is InChI=1S/C12H14Cl2O2/c1-12(2,8-13)11(15)7-16-10-5-3-9(14)4-6-10/h3-6H,7-8H2,1-2H3. The van der Waals surface area contributed by atoms with E-state index in [-0.39, 0.29) is 18.3 Å². The van der Waals surface area contributed by atoms with Gasteiger partial charge in [0.15, 0.2) is 5.78 Å². The maximum absolute atomic E-state index is 11.7. The first-order valence-corrected chi connectivity index (χ1v) is 5.84. The molecule has 0 bridgehead atoms. The molecule has 88 valence electrons. The summed E-state index contributed by atoms with van der Waals surface area (Å²) in [5, 5.41) is 0.639. The molecular weight excluding hydrogens is 247 g/mol. The van der Waals surface area contributed by atoms with Crippen LogP contribution in [0.3, 0.4) is 0 Å². The fraction of sp³-hybridized carbons (Fsp3) is 0.417. The average molecular weight is 261 g/mol. The summed E-state index contributed by atoms with van der Waals surface area (Å²) in [5.74, 6) is 0.899. The summed E-state index contributed by atoms with van der Waals surface area (Å²) in [5.41, 5.74) is -0.548. The quantitative estimate of drug-likeness (QED) is 0.757. The van der Waals surface area contributed by atoms with Crippen LogP contribution in [0.4, 0.5) is 0 Å². The molecule has 0 radical (unpaired) electrons. The molecule has 0 aliphatic heterocycles. The van der Waals surface area contributed by atoms with Crippen LogP contribution in [0.5, 0.6) is 5.75 Å². The highest BCUT2D eigenvalue weighted by Crippen LogP contribution is 2.20. The summed E-state index contributed by atoms with van der Waals surface area (Å²) >= 11 is 11.4. The zero-order chi connectivity index (χ0) is 12.2. The molecule has 0 amide bonds. The number of carbonyl (C=O) groups is 1. The highest BCUT2D eigenvalue weighted by molar-refractivity contribution is 6.30. The Morgan fingerprint density at radius 2 is 1.88 bits per heavy atom. The molecule has 1 rings (SSSR count). The molecule has 16 heavy (non-hydrogen) atoms. The van der Waals surface area contributed by atoms with Gasteiger partial charge in [-0.3, -0.25) is 4.79 Å². The Balaban J connectivity index is 2.52. The van der Waals surface area contributed by atoms with Crippen LogP contribution in [-0.4, -0.2) is 18.3 Å². The van der Waals surface area contributed by atoms with Crippen molar-refractivity contribution in [3.8, 4) is 5.75 Å². The zero-order valence-corrected chi connectivity index (χ0v) is 10.8. The third kappa shape index (κ3) is 3.69. The lowest BCUT2D eigenvalue weighted by Gasteiger charge is -2.19. The largest absolute Gasteiger partial charge is 0.486 e. The smallest absolute Gasteiger partial charge is 0.176 e. The van der Waals surface area contributed by atoms with Crippen molar-refractivity contribution >= 4 is 29.0 Å². The molecule has 0 N–H and O–H groups in total. The van der Waals surface area contributed by atoms with Crippen LogP contribution in [0.2, 0.25) is 5.02 Å². The molecule has 0 saturated heterocycles. The molecule has 0 aliphatic carbocycles. The van der Waals surface area contributed by atoms with Gasteiger partial charge in [0.05, 0.1) is 0 Å². The van der Waals surface area contributed by atoms with Gasteiger partial charge in [-0.1, -0.05) is 25.4 Å². The van der Waals surface area contributed by atoms with E-state index in [4.69, 9.17) is 27.9 Å². The molecule has 0 atom stereocenters. The monoisotopic (exact) mass is 260 g/mol. The predicted octanol–water partition coefficient (Wildman–Crippen LogP) is 3.55. The van der Waals surface area contributed by atoms with Gasteiger partial charge in [0.1, 0.15) is 12.4 Å². The first-order valence-electron chi connectivity index (χ1n) is 4.93. The highest BCUT2D eigenvalue weighted by atomic mass is 35.5. The van der Waals surface area contributed by atoms with Crippen LogP contribution in [0.15, 0.2) is 24.3 Å². The lowest BCUT2D eigenvalue weighted by atomic mass is 9.91. The molecule has 1 aromatic carbocycles. The number of benzene rings is 1. The molecule has 0 saturated carbocycles. The molecule has 0 aliphatic rings. The third-order valence-electron chi connectivity index (χ3n) is 2.27. The number of ether oxygens (including phenoxy) is 1. The minimum atomic E-state index is -0.548. The fourth-order valence-corrected chi connectivity index (χ4v) is 1.22. The second-order valence-corrected chi connectivity index (χ2v) is 4.89. The van der Waals surface area contributed by atoms with Crippen molar-refractivity contribution in [1.29, 1.82) is 0 Å². The minimum absolute atomic E-state index is 0.0162. The zero-order valence-electron chi connectivity index (χ0n) is 9.30.